The van der Waals surface area contributed by atoms with Crippen LogP contribution >= 0.6 is 0 Å². The third-order valence-corrected chi connectivity index (χ3v) is 2.53. The molecule has 2 aromatic heterocycles. The standard InChI is InChI=1S/C11H15N5O2/c1-7-6-8(16(3)15-7)11-14-13-10(18-11)5-4-9(17)12-2/h6H,4-5H2,1-3H3,(H,12,17). The van der Waals surface area contributed by atoms with Gasteiger partial charge in [-0.05, 0) is 13.0 Å². The van der Waals surface area contributed by atoms with E-state index in [1.165, 1.54) is 0 Å². The molecule has 2 heterocycles. The fraction of sp³-hybridized carbons (Fsp3) is 0.455. The van der Waals surface area contributed by atoms with Crippen LogP contribution in [0.3, 0.4) is 0 Å². The number of carbonyl (C=O) groups is 1. The zero-order valence-electron chi connectivity index (χ0n) is 10.6. The van der Waals surface area contributed by atoms with Gasteiger partial charge in [-0.2, -0.15) is 5.10 Å². The first-order valence-electron chi connectivity index (χ1n) is 5.64. The normalized spacial score (nSPS) is 10.6. The number of amides is 1. The Kier molecular flexibility index (Phi) is 3.40. The summed E-state index contributed by atoms with van der Waals surface area (Å²) in [7, 11) is 3.41. The van der Waals surface area contributed by atoms with Gasteiger partial charge in [0.15, 0.2) is 0 Å². The molecule has 7 heteroatoms. The minimum Gasteiger partial charge on any atom is -0.419 e. The van der Waals surface area contributed by atoms with Crippen molar-refractivity contribution >= 4 is 5.91 Å². The van der Waals surface area contributed by atoms with Crippen molar-refractivity contribution in [3.8, 4) is 11.6 Å². The lowest BCUT2D eigenvalue weighted by Gasteiger charge is -1.95. The Balaban J connectivity index is 2.11. The molecule has 1 N–H and O–H groups in total. The van der Waals surface area contributed by atoms with Gasteiger partial charge in [-0.15, -0.1) is 10.2 Å². The molecule has 1 amide bonds. The Hall–Kier alpha value is -2.18. The third-order valence-electron chi connectivity index (χ3n) is 2.53. The van der Waals surface area contributed by atoms with Gasteiger partial charge < -0.3 is 9.73 Å². The molecule has 2 rings (SSSR count). The molecular weight excluding hydrogens is 234 g/mol. The molecule has 96 valence electrons. The van der Waals surface area contributed by atoms with E-state index < -0.39 is 0 Å². The number of carbonyl (C=O) groups excluding carboxylic acids is 1. The fourth-order valence-electron chi connectivity index (χ4n) is 1.61. The Morgan fingerprint density at radius 2 is 2.28 bits per heavy atom. The van der Waals surface area contributed by atoms with E-state index in [4.69, 9.17) is 4.42 Å². The number of nitrogens with one attached hydrogen (secondary N) is 1. The average molecular weight is 249 g/mol. The van der Waals surface area contributed by atoms with Crippen molar-refractivity contribution in [1.82, 2.24) is 25.3 Å². The van der Waals surface area contributed by atoms with E-state index in [1.54, 1.807) is 11.7 Å². The largest absolute Gasteiger partial charge is 0.419 e. The molecule has 0 aliphatic rings. The molecule has 0 saturated carbocycles. The van der Waals surface area contributed by atoms with Crippen LogP contribution in [-0.4, -0.2) is 32.9 Å². The van der Waals surface area contributed by atoms with E-state index in [0.29, 0.717) is 24.6 Å². The van der Waals surface area contributed by atoms with Gasteiger partial charge in [0.05, 0.1) is 5.69 Å². The highest BCUT2D eigenvalue weighted by atomic mass is 16.4. The summed E-state index contributed by atoms with van der Waals surface area (Å²) in [6, 6.07) is 1.87. The molecular formula is C11H15N5O2. The van der Waals surface area contributed by atoms with Gasteiger partial charge in [0.1, 0.15) is 5.69 Å². The first-order valence-corrected chi connectivity index (χ1v) is 5.64. The molecule has 0 aliphatic carbocycles. The van der Waals surface area contributed by atoms with Crippen molar-refractivity contribution in [2.75, 3.05) is 7.05 Å². The summed E-state index contributed by atoms with van der Waals surface area (Å²) in [5.74, 6) is 0.823. The van der Waals surface area contributed by atoms with Crippen molar-refractivity contribution < 1.29 is 9.21 Å². The first kappa shape index (κ1) is 12.3. The van der Waals surface area contributed by atoms with Crippen LogP contribution in [0.1, 0.15) is 18.0 Å². The smallest absolute Gasteiger partial charge is 0.265 e. The summed E-state index contributed by atoms with van der Waals surface area (Å²) in [6.07, 6.45) is 0.770. The zero-order valence-corrected chi connectivity index (χ0v) is 10.6. The molecule has 0 aliphatic heterocycles. The maximum absolute atomic E-state index is 11.1. The minimum atomic E-state index is -0.0499. The highest BCUT2D eigenvalue weighted by molar-refractivity contribution is 5.75. The Labute approximate surface area is 104 Å². The van der Waals surface area contributed by atoms with Gasteiger partial charge in [-0.3, -0.25) is 9.48 Å². The van der Waals surface area contributed by atoms with Crippen LogP contribution in [0, 0.1) is 6.92 Å². The lowest BCUT2D eigenvalue weighted by atomic mass is 10.3. The second kappa shape index (κ2) is 4.99. The van der Waals surface area contributed by atoms with E-state index in [2.05, 4.69) is 20.6 Å². The number of rotatable bonds is 4. The summed E-state index contributed by atoms with van der Waals surface area (Å²) in [5, 5.41) is 14.6. The molecule has 0 spiro atoms. The van der Waals surface area contributed by atoms with E-state index in [1.807, 2.05) is 20.0 Å². The lowest BCUT2D eigenvalue weighted by molar-refractivity contribution is -0.120. The molecule has 0 radical (unpaired) electrons. The predicted molar refractivity (Wildman–Crippen MR) is 63.6 cm³/mol. The summed E-state index contributed by atoms with van der Waals surface area (Å²) < 4.78 is 7.18. The Morgan fingerprint density at radius 3 is 2.89 bits per heavy atom. The Bertz CT molecular complexity index is 558. The monoisotopic (exact) mass is 249 g/mol. The molecule has 0 atom stereocenters. The molecule has 0 fully saturated rings. The van der Waals surface area contributed by atoms with Gasteiger partial charge in [-0.1, -0.05) is 0 Å². The number of hydrogen-bond donors (Lipinski definition) is 1. The molecule has 7 nitrogen and oxygen atoms in total. The van der Waals surface area contributed by atoms with Crippen LogP contribution in [0.25, 0.3) is 11.6 Å². The summed E-state index contributed by atoms with van der Waals surface area (Å²) in [4.78, 5) is 11.1. The maximum Gasteiger partial charge on any atom is 0.265 e. The summed E-state index contributed by atoms with van der Waals surface area (Å²) in [6.45, 7) is 1.90. The second-order valence-corrected chi connectivity index (χ2v) is 3.97. The van der Waals surface area contributed by atoms with Crippen molar-refractivity contribution in [3.05, 3.63) is 17.7 Å². The van der Waals surface area contributed by atoms with E-state index in [9.17, 15) is 4.79 Å². The average Bonchev–Trinajstić information content (AvgIpc) is 2.92. The van der Waals surface area contributed by atoms with Crippen molar-refractivity contribution in [3.63, 3.8) is 0 Å². The minimum absolute atomic E-state index is 0.0499. The van der Waals surface area contributed by atoms with Crippen molar-refractivity contribution in [2.45, 2.75) is 19.8 Å². The predicted octanol–water partition coefficient (Wildman–Crippen LogP) is 0.457. The van der Waals surface area contributed by atoms with E-state index in [0.717, 1.165) is 11.4 Å². The highest BCUT2D eigenvalue weighted by Gasteiger charge is 2.13. The number of aryl methyl sites for hydroxylation is 3. The summed E-state index contributed by atoms with van der Waals surface area (Å²) >= 11 is 0. The van der Waals surface area contributed by atoms with Gasteiger partial charge in [0, 0.05) is 26.9 Å². The number of aromatic nitrogens is 4. The van der Waals surface area contributed by atoms with Crippen LogP contribution in [0.4, 0.5) is 0 Å². The first-order chi connectivity index (χ1) is 8.60. The maximum atomic E-state index is 11.1. The molecule has 18 heavy (non-hydrogen) atoms. The molecule has 0 bridgehead atoms. The van der Waals surface area contributed by atoms with E-state index in [-0.39, 0.29) is 5.91 Å². The number of hydrogen-bond acceptors (Lipinski definition) is 5. The SMILES string of the molecule is CNC(=O)CCc1nnc(-c2cc(C)nn2C)o1. The van der Waals surface area contributed by atoms with Gasteiger partial charge in [0.25, 0.3) is 5.89 Å². The van der Waals surface area contributed by atoms with Crippen molar-refractivity contribution in [2.24, 2.45) is 7.05 Å². The van der Waals surface area contributed by atoms with Crippen LogP contribution in [-0.2, 0) is 18.3 Å². The summed E-state index contributed by atoms with van der Waals surface area (Å²) in [5.41, 5.74) is 1.66. The molecule has 2 aromatic rings. The fourth-order valence-corrected chi connectivity index (χ4v) is 1.61. The lowest BCUT2D eigenvalue weighted by Crippen LogP contribution is -2.17. The molecule has 0 unspecified atom stereocenters. The van der Waals surface area contributed by atoms with E-state index >= 15 is 0 Å². The van der Waals surface area contributed by atoms with Gasteiger partial charge >= 0.3 is 0 Å². The number of nitrogens with zero attached hydrogens (tertiary/aromatic N) is 4. The molecule has 0 aromatic carbocycles. The van der Waals surface area contributed by atoms with Gasteiger partial charge in [-0.25, -0.2) is 0 Å². The van der Waals surface area contributed by atoms with Gasteiger partial charge in [0.2, 0.25) is 11.8 Å². The Morgan fingerprint density at radius 1 is 1.50 bits per heavy atom. The van der Waals surface area contributed by atoms with Crippen LogP contribution in [0.15, 0.2) is 10.5 Å². The van der Waals surface area contributed by atoms with Crippen molar-refractivity contribution in [1.29, 1.82) is 0 Å². The van der Waals surface area contributed by atoms with Crippen LogP contribution in [0.5, 0.6) is 0 Å². The van der Waals surface area contributed by atoms with Crippen LogP contribution in [0.2, 0.25) is 0 Å². The zero-order chi connectivity index (χ0) is 13.1. The third kappa shape index (κ3) is 2.55. The second-order valence-electron chi connectivity index (χ2n) is 3.97. The highest BCUT2D eigenvalue weighted by Crippen LogP contribution is 2.18. The topological polar surface area (TPSA) is 85.8 Å². The quantitative estimate of drug-likeness (QED) is 0.850. The van der Waals surface area contributed by atoms with Crippen LogP contribution < -0.4 is 5.32 Å². The molecule has 0 saturated heterocycles.